The predicted octanol–water partition coefficient (Wildman–Crippen LogP) is 3.07. The summed E-state index contributed by atoms with van der Waals surface area (Å²) in [5.74, 6) is -0.817. The van der Waals surface area contributed by atoms with Gasteiger partial charge in [-0.15, -0.1) is 0 Å². The van der Waals surface area contributed by atoms with Crippen molar-refractivity contribution in [1.29, 1.82) is 0 Å². The zero-order chi connectivity index (χ0) is 13.8. The van der Waals surface area contributed by atoms with Gasteiger partial charge in [0.2, 0.25) is 0 Å². The maximum atomic E-state index is 13.0. The maximum Gasteiger partial charge on any atom is 0.338 e. The number of carbonyl (C=O) groups is 1. The lowest BCUT2D eigenvalue weighted by Crippen LogP contribution is -2.08. The summed E-state index contributed by atoms with van der Waals surface area (Å²) in [6.45, 7) is 1.79. The fourth-order valence-electron chi connectivity index (χ4n) is 1.73. The molecule has 98 valence electrons. The molecule has 19 heavy (non-hydrogen) atoms. The first-order chi connectivity index (χ1) is 9.08. The molecule has 0 aliphatic carbocycles. The molecule has 2 rings (SSSR count). The molecule has 0 radical (unpaired) electrons. The third-order valence-corrected chi connectivity index (χ3v) is 2.85. The Bertz CT molecular complexity index is 611. The Hall–Kier alpha value is -2.36. The molecule has 0 unspecified atom stereocenters. The first kappa shape index (κ1) is 13.1. The number of benzene rings is 2. The lowest BCUT2D eigenvalue weighted by Gasteiger charge is -2.08. The second-order valence-electron chi connectivity index (χ2n) is 4.23. The molecule has 3 nitrogen and oxygen atoms in total. The normalized spacial score (nSPS) is 10.2. The van der Waals surface area contributed by atoms with Crippen molar-refractivity contribution in [2.45, 2.75) is 13.5 Å². The van der Waals surface area contributed by atoms with E-state index in [2.05, 4.69) is 0 Å². The predicted molar refractivity (Wildman–Crippen MR) is 71.1 cm³/mol. The number of carbonyl (C=O) groups excluding carboxylic acids is 1. The minimum absolute atomic E-state index is 0.0326. The van der Waals surface area contributed by atoms with Gasteiger partial charge in [0.1, 0.15) is 12.4 Å². The van der Waals surface area contributed by atoms with Crippen LogP contribution >= 0.6 is 0 Å². The Labute approximate surface area is 110 Å². The Balaban J connectivity index is 2.08. The van der Waals surface area contributed by atoms with E-state index in [4.69, 9.17) is 10.5 Å². The second-order valence-corrected chi connectivity index (χ2v) is 4.23. The third kappa shape index (κ3) is 3.10. The van der Waals surface area contributed by atoms with Gasteiger partial charge in [-0.25, -0.2) is 9.18 Å². The summed E-state index contributed by atoms with van der Waals surface area (Å²) in [6.07, 6.45) is 0. The van der Waals surface area contributed by atoms with Crippen molar-refractivity contribution in [1.82, 2.24) is 0 Å². The fraction of sp³-hybridized carbons (Fsp3) is 0.133. The quantitative estimate of drug-likeness (QED) is 0.680. The lowest BCUT2D eigenvalue weighted by atomic mass is 10.1. The molecule has 0 aromatic heterocycles. The van der Waals surface area contributed by atoms with Crippen LogP contribution in [0.2, 0.25) is 0 Å². The van der Waals surface area contributed by atoms with Crippen molar-refractivity contribution in [3.8, 4) is 0 Å². The zero-order valence-corrected chi connectivity index (χ0v) is 10.5. The number of halogens is 1. The summed E-state index contributed by atoms with van der Waals surface area (Å²) in [7, 11) is 0. The van der Waals surface area contributed by atoms with E-state index >= 15 is 0 Å². The molecule has 0 aliphatic heterocycles. The Morgan fingerprint density at radius 3 is 2.74 bits per heavy atom. The van der Waals surface area contributed by atoms with E-state index < -0.39 is 5.97 Å². The Morgan fingerprint density at radius 1 is 1.26 bits per heavy atom. The SMILES string of the molecule is Cc1c(N)cccc1C(=O)OCc1cccc(F)c1. The van der Waals surface area contributed by atoms with Crippen molar-refractivity contribution in [2.75, 3.05) is 5.73 Å². The molecule has 0 spiro atoms. The summed E-state index contributed by atoms with van der Waals surface area (Å²) in [5.41, 5.74) is 7.99. The van der Waals surface area contributed by atoms with Crippen molar-refractivity contribution in [3.05, 3.63) is 65.0 Å². The number of rotatable bonds is 3. The minimum Gasteiger partial charge on any atom is -0.457 e. The van der Waals surface area contributed by atoms with E-state index in [0.29, 0.717) is 22.4 Å². The van der Waals surface area contributed by atoms with Crippen LogP contribution in [0.15, 0.2) is 42.5 Å². The summed E-state index contributed by atoms with van der Waals surface area (Å²) in [4.78, 5) is 11.9. The molecule has 4 heteroatoms. The standard InChI is InChI=1S/C15H14FNO2/c1-10-13(6-3-7-14(10)17)15(18)19-9-11-4-2-5-12(16)8-11/h2-8H,9,17H2,1H3. The Morgan fingerprint density at radius 2 is 2.00 bits per heavy atom. The molecule has 0 heterocycles. The smallest absolute Gasteiger partial charge is 0.338 e. The van der Waals surface area contributed by atoms with Gasteiger partial charge in [0, 0.05) is 5.69 Å². The molecule has 0 atom stereocenters. The van der Waals surface area contributed by atoms with E-state index in [0.717, 1.165) is 0 Å². The van der Waals surface area contributed by atoms with Crippen LogP contribution in [0, 0.1) is 12.7 Å². The number of esters is 1. The van der Waals surface area contributed by atoms with E-state index in [-0.39, 0.29) is 12.4 Å². The van der Waals surface area contributed by atoms with Gasteiger partial charge in [-0.1, -0.05) is 18.2 Å². The average Bonchev–Trinajstić information content (AvgIpc) is 2.39. The van der Waals surface area contributed by atoms with Crippen LogP contribution in [0.25, 0.3) is 0 Å². The van der Waals surface area contributed by atoms with Gasteiger partial charge in [0.25, 0.3) is 0 Å². The number of hydrogen-bond acceptors (Lipinski definition) is 3. The molecule has 2 N–H and O–H groups in total. The molecule has 0 aliphatic rings. The van der Waals surface area contributed by atoms with Crippen LogP contribution in [0.4, 0.5) is 10.1 Å². The first-order valence-corrected chi connectivity index (χ1v) is 5.84. The van der Waals surface area contributed by atoms with E-state index in [9.17, 15) is 9.18 Å². The van der Waals surface area contributed by atoms with E-state index in [1.165, 1.54) is 12.1 Å². The number of nitrogens with two attached hydrogens (primary N) is 1. The third-order valence-electron chi connectivity index (χ3n) is 2.85. The molecule has 2 aromatic rings. The molecule has 0 fully saturated rings. The number of anilines is 1. The van der Waals surface area contributed by atoms with Crippen LogP contribution in [0.3, 0.4) is 0 Å². The van der Waals surface area contributed by atoms with Gasteiger partial charge in [-0.3, -0.25) is 0 Å². The Kier molecular flexibility index (Phi) is 3.80. The molecular weight excluding hydrogens is 245 g/mol. The zero-order valence-electron chi connectivity index (χ0n) is 10.5. The van der Waals surface area contributed by atoms with Crippen molar-refractivity contribution >= 4 is 11.7 Å². The number of ether oxygens (including phenoxy) is 1. The van der Waals surface area contributed by atoms with Crippen molar-refractivity contribution in [2.24, 2.45) is 0 Å². The lowest BCUT2D eigenvalue weighted by molar-refractivity contribution is 0.0471. The summed E-state index contributed by atoms with van der Waals surface area (Å²) < 4.78 is 18.1. The van der Waals surface area contributed by atoms with Gasteiger partial charge < -0.3 is 10.5 Å². The highest BCUT2D eigenvalue weighted by atomic mass is 19.1. The molecule has 0 saturated carbocycles. The van der Waals surface area contributed by atoms with Crippen LogP contribution < -0.4 is 5.73 Å². The van der Waals surface area contributed by atoms with Gasteiger partial charge in [0.05, 0.1) is 5.56 Å². The van der Waals surface area contributed by atoms with Crippen molar-refractivity contribution < 1.29 is 13.9 Å². The second kappa shape index (κ2) is 5.52. The van der Waals surface area contributed by atoms with E-state index in [1.54, 1.807) is 37.3 Å². The van der Waals surface area contributed by atoms with Crippen LogP contribution in [-0.2, 0) is 11.3 Å². The highest BCUT2D eigenvalue weighted by molar-refractivity contribution is 5.92. The van der Waals surface area contributed by atoms with Crippen molar-refractivity contribution in [3.63, 3.8) is 0 Å². The van der Waals surface area contributed by atoms with E-state index in [1.807, 2.05) is 0 Å². The molecule has 2 aromatic carbocycles. The topological polar surface area (TPSA) is 52.3 Å². The van der Waals surface area contributed by atoms with Crippen LogP contribution in [-0.4, -0.2) is 5.97 Å². The van der Waals surface area contributed by atoms with Crippen LogP contribution in [0.5, 0.6) is 0 Å². The van der Waals surface area contributed by atoms with Gasteiger partial charge in [-0.05, 0) is 42.3 Å². The van der Waals surface area contributed by atoms with Gasteiger partial charge >= 0.3 is 5.97 Å². The number of nitrogen functional groups attached to an aromatic ring is 1. The van der Waals surface area contributed by atoms with Gasteiger partial charge in [0.15, 0.2) is 0 Å². The summed E-state index contributed by atoms with van der Waals surface area (Å²) in [6, 6.07) is 11.0. The monoisotopic (exact) mass is 259 g/mol. The minimum atomic E-state index is -0.464. The molecular formula is C15H14FNO2. The molecule has 0 bridgehead atoms. The number of hydrogen-bond donors (Lipinski definition) is 1. The molecule has 0 amide bonds. The largest absolute Gasteiger partial charge is 0.457 e. The average molecular weight is 259 g/mol. The molecule has 0 saturated heterocycles. The fourth-order valence-corrected chi connectivity index (χ4v) is 1.73. The first-order valence-electron chi connectivity index (χ1n) is 5.84. The maximum absolute atomic E-state index is 13.0. The van der Waals surface area contributed by atoms with Gasteiger partial charge in [-0.2, -0.15) is 0 Å². The highest BCUT2D eigenvalue weighted by Crippen LogP contribution is 2.17. The highest BCUT2D eigenvalue weighted by Gasteiger charge is 2.12. The van der Waals surface area contributed by atoms with Crippen LogP contribution in [0.1, 0.15) is 21.5 Å². The summed E-state index contributed by atoms with van der Waals surface area (Å²) in [5, 5.41) is 0. The summed E-state index contributed by atoms with van der Waals surface area (Å²) >= 11 is 0.